The lowest BCUT2D eigenvalue weighted by molar-refractivity contribution is 0.416. The molecule has 174 valence electrons. The van der Waals surface area contributed by atoms with Crippen LogP contribution in [0.3, 0.4) is 0 Å². The summed E-state index contributed by atoms with van der Waals surface area (Å²) in [5.74, 6) is 0. The number of hydrogen-bond acceptors (Lipinski definition) is 2. The van der Waals surface area contributed by atoms with Crippen LogP contribution in [0.25, 0.3) is 11.4 Å². The van der Waals surface area contributed by atoms with Crippen molar-refractivity contribution in [3.8, 4) is 0 Å². The topological polar surface area (TPSA) is 26.3 Å². The first-order valence-corrected chi connectivity index (χ1v) is 12.2. The van der Waals surface area contributed by atoms with Crippen molar-refractivity contribution >= 4 is 22.8 Å². The number of hydrogen-bond donors (Lipinski definition) is 0. The first kappa shape index (κ1) is 22.1. The number of para-hydroxylation sites is 2. The van der Waals surface area contributed by atoms with E-state index in [1.807, 2.05) is 115 Å². The predicted octanol–water partition coefficient (Wildman–Crippen LogP) is 8.24. The van der Waals surface area contributed by atoms with Gasteiger partial charge in [0.15, 0.2) is 5.70 Å². The molecule has 2 atom stereocenters. The van der Waals surface area contributed by atoms with Crippen molar-refractivity contribution in [2.45, 2.75) is 6.17 Å². The van der Waals surface area contributed by atoms with Gasteiger partial charge in [-0.25, -0.2) is 0 Å². The quantitative estimate of drug-likeness (QED) is 0.193. The maximum absolute atomic E-state index is 15.8. The Hall–Kier alpha value is -4.44. The summed E-state index contributed by atoms with van der Waals surface area (Å²) in [5.41, 5.74) is 6.19. The van der Waals surface area contributed by atoms with Gasteiger partial charge in [0.05, 0.1) is 0 Å². The highest BCUT2D eigenvalue weighted by molar-refractivity contribution is 6.04. The molecule has 1 heterocycles. The first-order chi connectivity index (χ1) is 17.8. The van der Waals surface area contributed by atoms with Gasteiger partial charge in [0.1, 0.15) is 11.4 Å². The fourth-order valence-corrected chi connectivity index (χ4v) is 5.24. The lowest BCUT2D eigenvalue weighted by Gasteiger charge is -2.46. The Kier molecular flexibility index (Phi) is 5.70. The fraction of sp³-hybridized carbons (Fsp3) is 0.0303. The zero-order valence-electron chi connectivity index (χ0n) is 19.8. The maximum atomic E-state index is 15.8. The standard InChI is InChI=1S/C33H26N2O/c36-35(30-24-14-5-15-25-30)32(27-18-8-2-9-19-27)31(26-16-6-1-7-17-26)34(29-22-12-4-13-23-29)33(35)28-20-10-3-11-21-28/h1-25,33H. The van der Waals surface area contributed by atoms with Crippen molar-refractivity contribution in [2.24, 2.45) is 0 Å². The summed E-state index contributed by atoms with van der Waals surface area (Å²) in [4.78, 5) is 2.23. The van der Waals surface area contributed by atoms with Crippen molar-refractivity contribution < 1.29 is 0 Å². The second kappa shape index (κ2) is 9.31. The number of quaternary nitrogens is 1. The second-order valence-corrected chi connectivity index (χ2v) is 8.91. The van der Waals surface area contributed by atoms with Crippen LogP contribution in [-0.2, 0) is 0 Å². The van der Waals surface area contributed by atoms with Gasteiger partial charge in [-0.15, -0.1) is 0 Å². The molecule has 0 bridgehead atoms. The SMILES string of the molecule is [O-][N+]1(c2ccccc2)C(c2ccccc2)=C(c2ccccc2)N(c2ccccc2)C1c1ccccc1. The van der Waals surface area contributed by atoms with E-state index in [9.17, 15) is 0 Å². The van der Waals surface area contributed by atoms with Gasteiger partial charge >= 0.3 is 0 Å². The third-order valence-corrected chi connectivity index (χ3v) is 6.75. The Labute approximate surface area is 212 Å². The molecule has 1 aliphatic rings. The lowest BCUT2D eigenvalue weighted by atomic mass is 10.0. The van der Waals surface area contributed by atoms with Crippen LogP contribution < -0.4 is 9.55 Å². The van der Waals surface area contributed by atoms with E-state index >= 15 is 5.21 Å². The average molecular weight is 467 g/mol. The minimum atomic E-state index is -0.631. The summed E-state index contributed by atoms with van der Waals surface area (Å²) in [7, 11) is 0. The van der Waals surface area contributed by atoms with E-state index in [2.05, 4.69) is 41.3 Å². The number of hydroxylamine groups is 2. The van der Waals surface area contributed by atoms with Crippen molar-refractivity contribution in [1.29, 1.82) is 0 Å². The Bertz CT molecular complexity index is 1470. The smallest absolute Gasteiger partial charge is 0.205 e. The molecule has 0 amide bonds. The van der Waals surface area contributed by atoms with Crippen LogP contribution in [0.15, 0.2) is 152 Å². The molecule has 0 aliphatic carbocycles. The largest absolute Gasteiger partial charge is 0.620 e. The van der Waals surface area contributed by atoms with Crippen LogP contribution in [0.4, 0.5) is 11.4 Å². The molecule has 36 heavy (non-hydrogen) atoms. The van der Waals surface area contributed by atoms with E-state index in [1.54, 1.807) is 0 Å². The highest BCUT2D eigenvalue weighted by atomic mass is 16.6. The average Bonchev–Trinajstić information content (AvgIpc) is 3.25. The summed E-state index contributed by atoms with van der Waals surface area (Å²) < 4.78 is -0.631. The number of nitrogens with zero attached hydrogens (tertiary/aromatic N) is 2. The number of anilines is 1. The van der Waals surface area contributed by atoms with E-state index in [0.717, 1.165) is 33.8 Å². The predicted molar refractivity (Wildman–Crippen MR) is 149 cm³/mol. The van der Waals surface area contributed by atoms with Crippen LogP contribution >= 0.6 is 0 Å². The first-order valence-electron chi connectivity index (χ1n) is 12.2. The van der Waals surface area contributed by atoms with Gasteiger partial charge in [0.2, 0.25) is 6.17 Å². The fourth-order valence-electron chi connectivity index (χ4n) is 5.24. The zero-order chi connectivity index (χ0) is 24.4. The summed E-state index contributed by atoms with van der Waals surface area (Å²) in [5, 5.41) is 15.8. The molecule has 5 aromatic rings. The van der Waals surface area contributed by atoms with Gasteiger partial charge in [-0.05, 0) is 36.4 Å². The van der Waals surface area contributed by atoms with Crippen molar-refractivity contribution in [2.75, 3.05) is 4.90 Å². The van der Waals surface area contributed by atoms with Gasteiger partial charge in [-0.1, -0.05) is 115 Å². The highest BCUT2D eigenvalue weighted by Crippen LogP contribution is 2.56. The van der Waals surface area contributed by atoms with Crippen molar-refractivity contribution in [3.63, 3.8) is 0 Å². The van der Waals surface area contributed by atoms with E-state index in [0.29, 0.717) is 5.69 Å². The van der Waals surface area contributed by atoms with Crippen LogP contribution in [-0.4, -0.2) is 0 Å². The van der Waals surface area contributed by atoms with Crippen LogP contribution in [0.1, 0.15) is 22.9 Å². The van der Waals surface area contributed by atoms with Crippen LogP contribution in [0.2, 0.25) is 0 Å². The lowest BCUT2D eigenvalue weighted by Crippen LogP contribution is -2.46. The molecule has 6 rings (SSSR count). The van der Waals surface area contributed by atoms with Gasteiger partial charge in [0.25, 0.3) is 0 Å². The van der Waals surface area contributed by atoms with Crippen LogP contribution in [0, 0.1) is 5.21 Å². The van der Waals surface area contributed by atoms with Crippen molar-refractivity contribution in [1.82, 2.24) is 4.65 Å². The molecule has 0 N–H and O–H groups in total. The molecule has 0 radical (unpaired) electrons. The molecule has 0 saturated carbocycles. The summed E-state index contributed by atoms with van der Waals surface area (Å²) in [6, 6.07) is 50.5. The van der Waals surface area contributed by atoms with E-state index in [4.69, 9.17) is 0 Å². The second-order valence-electron chi connectivity index (χ2n) is 8.91. The Morgan fingerprint density at radius 1 is 0.500 bits per heavy atom. The van der Waals surface area contributed by atoms with E-state index in [1.165, 1.54) is 0 Å². The molecule has 0 saturated heterocycles. The Balaban J connectivity index is 1.77. The Morgan fingerprint density at radius 2 is 0.944 bits per heavy atom. The molecule has 3 heteroatoms. The van der Waals surface area contributed by atoms with E-state index in [-0.39, 0.29) is 0 Å². The van der Waals surface area contributed by atoms with Gasteiger partial charge < -0.3 is 5.21 Å². The Morgan fingerprint density at radius 3 is 1.50 bits per heavy atom. The molecule has 5 aromatic carbocycles. The molecule has 2 unspecified atom stereocenters. The monoisotopic (exact) mass is 466 g/mol. The molecule has 0 fully saturated rings. The molecule has 0 spiro atoms. The third-order valence-electron chi connectivity index (χ3n) is 6.75. The molecule has 3 nitrogen and oxygen atoms in total. The molecule has 1 aliphatic heterocycles. The normalized spacial score (nSPS) is 19.5. The highest BCUT2D eigenvalue weighted by Gasteiger charge is 2.51. The minimum absolute atomic E-state index is 0.554. The minimum Gasteiger partial charge on any atom is -0.620 e. The van der Waals surface area contributed by atoms with E-state index < -0.39 is 10.8 Å². The third kappa shape index (κ3) is 3.62. The maximum Gasteiger partial charge on any atom is 0.205 e. The van der Waals surface area contributed by atoms with Gasteiger partial charge in [-0.3, -0.25) is 9.55 Å². The summed E-state index contributed by atoms with van der Waals surface area (Å²) in [6.45, 7) is 0. The van der Waals surface area contributed by atoms with Gasteiger partial charge in [-0.2, -0.15) is 0 Å². The molecule has 0 aromatic heterocycles. The van der Waals surface area contributed by atoms with Gasteiger partial charge in [0, 0.05) is 22.4 Å². The van der Waals surface area contributed by atoms with Crippen LogP contribution in [0.5, 0.6) is 0 Å². The number of benzene rings is 5. The molecular weight excluding hydrogens is 440 g/mol. The summed E-state index contributed by atoms with van der Waals surface area (Å²) in [6.07, 6.45) is -0.554. The summed E-state index contributed by atoms with van der Waals surface area (Å²) >= 11 is 0. The number of rotatable bonds is 5. The molecular formula is C33H26N2O. The zero-order valence-corrected chi connectivity index (χ0v) is 19.8. The van der Waals surface area contributed by atoms with Crippen molar-refractivity contribution in [3.05, 3.63) is 174 Å².